The van der Waals surface area contributed by atoms with E-state index in [1.165, 1.54) is 4.68 Å². The number of aromatic nitrogens is 2. The van der Waals surface area contributed by atoms with E-state index in [4.69, 9.17) is 0 Å². The summed E-state index contributed by atoms with van der Waals surface area (Å²) < 4.78 is 1.48. The van der Waals surface area contributed by atoms with Crippen LogP contribution in [-0.2, 0) is 0 Å². The predicted molar refractivity (Wildman–Crippen MR) is 103 cm³/mol. The lowest BCUT2D eigenvalue weighted by Gasteiger charge is -2.10. The molecule has 0 atom stereocenters. The van der Waals surface area contributed by atoms with Gasteiger partial charge in [-0.15, -0.1) is 0 Å². The molecule has 0 N–H and O–H groups in total. The van der Waals surface area contributed by atoms with Gasteiger partial charge in [0.1, 0.15) is 5.69 Å². The van der Waals surface area contributed by atoms with Crippen molar-refractivity contribution in [2.24, 2.45) is 0 Å². The average molecular weight is 367 g/mol. The molecule has 0 saturated carbocycles. The van der Waals surface area contributed by atoms with E-state index in [1.54, 1.807) is 42.5 Å². The summed E-state index contributed by atoms with van der Waals surface area (Å²) in [5.41, 5.74) is 1.77. The standard InChI is InChI=1S/C23H16N2O3/c26-22(17-12-6-2-7-13-17)19-20(23(27)28)24-25(18-14-8-3-9-15-18)21(19)16-10-4-1-5-11-16/h1-15H,(H,27,28)/p-1. The Kier molecular flexibility index (Phi) is 4.56. The zero-order valence-electron chi connectivity index (χ0n) is 14.8. The smallest absolute Gasteiger partial charge is 0.197 e. The van der Waals surface area contributed by atoms with E-state index in [-0.39, 0.29) is 11.3 Å². The zero-order valence-corrected chi connectivity index (χ0v) is 14.8. The molecule has 0 spiro atoms. The highest BCUT2D eigenvalue weighted by Gasteiger charge is 2.27. The van der Waals surface area contributed by atoms with Crippen molar-refractivity contribution in [3.8, 4) is 16.9 Å². The number of carboxylic acid groups (broad SMARTS) is 1. The van der Waals surface area contributed by atoms with Gasteiger partial charge in [-0.25, -0.2) is 4.68 Å². The van der Waals surface area contributed by atoms with E-state index >= 15 is 0 Å². The average Bonchev–Trinajstić information content (AvgIpc) is 3.16. The number of hydrogen-bond donors (Lipinski definition) is 0. The Morgan fingerprint density at radius 1 is 0.750 bits per heavy atom. The maximum absolute atomic E-state index is 13.3. The van der Waals surface area contributed by atoms with Gasteiger partial charge in [0.05, 0.1) is 22.9 Å². The van der Waals surface area contributed by atoms with Crippen molar-refractivity contribution in [1.29, 1.82) is 0 Å². The number of carbonyl (C=O) groups excluding carboxylic acids is 2. The van der Waals surface area contributed by atoms with E-state index in [9.17, 15) is 14.7 Å². The van der Waals surface area contributed by atoms with Crippen molar-refractivity contribution < 1.29 is 14.7 Å². The molecule has 0 saturated heterocycles. The normalized spacial score (nSPS) is 10.6. The topological polar surface area (TPSA) is 75.0 Å². The van der Waals surface area contributed by atoms with Gasteiger partial charge in [0, 0.05) is 11.1 Å². The third kappa shape index (κ3) is 3.10. The highest BCUT2D eigenvalue weighted by Crippen LogP contribution is 2.31. The molecule has 4 aromatic rings. The number of rotatable bonds is 5. The van der Waals surface area contributed by atoms with E-state index in [2.05, 4.69) is 5.10 Å². The van der Waals surface area contributed by atoms with Crippen LogP contribution in [0.25, 0.3) is 16.9 Å². The van der Waals surface area contributed by atoms with Gasteiger partial charge in [0.15, 0.2) is 5.78 Å². The molecule has 1 heterocycles. The molecule has 0 aliphatic heterocycles. The maximum Gasteiger partial charge on any atom is 0.197 e. The van der Waals surface area contributed by atoms with Crippen LogP contribution in [0.2, 0.25) is 0 Å². The molecule has 136 valence electrons. The quantitative estimate of drug-likeness (QED) is 0.508. The first-order valence-corrected chi connectivity index (χ1v) is 8.72. The van der Waals surface area contributed by atoms with Crippen molar-refractivity contribution >= 4 is 11.8 Å². The Labute approximate surface area is 161 Å². The highest BCUT2D eigenvalue weighted by molar-refractivity contribution is 6.17. The van der Waals surface area contributed by atoms with Crippen molar-refractivity contribution in [2.75, 3.05) is 0 Å². The SMILES string of the molecule is O=C([O-])c1nn(-c2ccccc2)c(-c2ccccc2)c1C(=O)c1ccccc1. The number of carbonyl (C=O) groups is 2. The van der Waals surface area contributed by atoms with Crippen LogP contribution in [0.15, 0.2) is 91.0 Å². The summed E-state index contributed by atoms with van der Waals surface area (Å²) in [5, 5.41) is 16.1. The molecule has 0 amide bonds. The van der Waals surface area contributed by atoms with E-state index < -0.39 is 11.8 Å². The molecule has 5 heteroatoms. The number of aromatic carboxylic acids is 1. The number of ketones is 1. The first-order chi connectivity index (χ1) is 13.7. The number of benzene rings is 3. The number of para-hydroxylation sites is 1. The summed E-state index contributed by atoms with van der Waals surface area (Å²) >= 11 is 0. The number of nitrogens with zero attached hydrogens (tertiary/aromatic N) is 2. The lowest BCUT2D eigenvalue weighted by molar-refractivity contribution is -0.255. The van der Waals surface area contributed by atoms with Crippen LogP contribution in [-0.4, -0.2) is 21.5 Å². The summed E-state index contributed by atoms with van der Waals surface area (Å²) in [6.07, 6.45) is 0. The van der Waals surface area contributed by atoms with Gasteiger partial charge in [-0.2, -0.15) is 5.10 Å². The minimum Gasteiger partial charge on any atom is -0.543 e. The Hall–Kier alpha value is -3.99. The molecule has 1 aromatic heterocycles. The lowest BCUT2D eigenvalue weighted by atomic mass is 9.97. The van der Waals surface area contributed by atoms with E-state index in [1.807, 2.05) is 48.5 Å². The van der Waals surface area contributed by atoms with Gasteiger partial charge in [0.2, 0.25) is 0 Å². The van der Waals surface area contributed by atoms with Gasteiger partial charge < -0.3 is 9.90 Å². The first-order valence-electron chi connectivity index (χ1n) is 8.72. The van der Waals surface area contributed by atoms with Crippen LogP contribution in [0.4, 0.5) is 0 Å². The molecular weight excluding hydrogens is 352 g/mol. The number of hydrogen-bond acceptors (Lipinski definition) is 4. The summed E-state index contributed by atoms with van der Waals surface area (Å²) in [5.74, 6) is -1.91. The molecule has 0 unspecified atom stereocenters. The van der Waals surface area contributed by atoms with Crippen LogP contribution in [0.1, 0.15) is 26.4 Å². The summed E-state index contributed by atoms with van der Waals surface area (Å²) in [4.78, 5) is 25.1. The third-order valence-corrected chi connectivity index (χ3v) is 4.39. The number of carboxylic acids is 1. The molecule has 4 rings (SSSR count). The molecule has 0 bridgehead atoms. The molecule has 0 aliphatic rings. The van der Waals surface area contributed by atoms with Gasteiger partial charge >= 0.3 is 0 Å². The molecule has 0 radical (unpaired) electrons. The second-order valence-electron chi connectivity index (χ2n) is 6.17. The zero-order chi connectivity index (χ0) is 19.5. The van der Waals surface area contributed by atoms with Gasteiger partial charge in [-0.1, -0.05) is 78.9 Å². The second kappa shape index (κ2) is 7.32. The maximum atomic E-state index is 13.3. The predicted octanol–water partition coefficient (Wildman–Crippen LogP) is 3.13. The van der Waals surface area contributed by atoms with E-state index in [0.717, 1.165) is 0 Å². The Bertz CT molecular complexity index is 1130. The second-order valence-corrected chi connectivity index (χ2v) is 6.17. The molecule has 28 heavy (non-hydrogen) atoms. The Morgan fingerprint density at radius 3 is 1.86 bits per heavy atom. The minimum atomic E-state index is -1.49. The lowest BCUT2D eigenvalue weighted by Crippen LogP contribution is -2.25. The fourth-order valence-corrected chi connectivity index (χ4v) is 3.13. The first kappa shape index (κ1) is 17.4. The van der Waals surface area contributed by atoms with Gasteiger partial charge in [0.25, 0.3) is 0 Å². The van der Waals surface area contributed by atoms with Crippen molar-refractivity contribution in [3.63, 3.8) is 0 Å². The highest BCUT2D eigenvalue weighted by atomic mass is 16.4. The largest absolute Gasteiger partial charge is 0.543 e. The molecular formula is C23H15N2O3-. The van der Waals surface area contributed by atoms with Crippen molar-refractivity contribution in [3.05, 3.63) is 108 Å². The van der Waals surface area contributed by atoms with Crippen LogP contribution < -0.4 is 5.11 Å². The Balaban J connectivity index is 2.05. The Morgan fingerprint density at radius 2 is 1.29 bits per heavy atom. The van der Waals surface area contributed by atoms with Crippen LogP contribution >= 0.6 is 0 Å². The summed E-state index contributed by atoms with van der Waals surface area (Å²) in [6, 6.07) is 26.8. The molecule has 5 nitrogen and oxygen atoms in total. The summed E-state index contributed by atoms with van der Waals surface area (Å²) in [7, 11) is 0. The molecule has 0 fully saturated rings. The van der Waals surface area contributed by atoms with Crippen LogP contribution in [0.5, 0.6) is 0 Å². The van der Waals surface area contributed by atoms with Crippen molar-refractivity contribution in [1.82, 2.24) is 9.78 Å². The van der Waals surface area contributed by atoms with Gasteiger partial charge in [-0.05, 0) is 12.1 Å². The van der Waals surface area contributed by atoms with Crippen molar-refractivity contribution in [2.45, 2.75) is 0 Å². The monoisotopic (exact) mass is 367 g/mol. The van der Waals surface area contributed by atoms with Gasteiger partial charge in [-0.3, -0.25) is 4.79 Å². The fraction of sp³-hybridized carbons (Fsp3) is 0. The molecule has 3 aromatic carbocycles. The molecule has 0 aliphatic carbocycles. The van der Waals surface area contributed by atoms with Crippen LogP contribution in [0.3, 0.4) is 0 Å². The fourth-order valence-electron chi connectivity index (χ4n) is 3.13. The van der Waals surface area contributed by atoms with Crippen LogP contribution in [0, 0.1) is 0 Å². The minimum absolute atomic E-state index is 0.0150. The summed E-state index contributed by atoms with van der Waals surface area (Å²) in [6.45, 7) is 0. The van der Waals surface area contributed by atoms with E-state index in [0.29, 0.717) is 22.5 Å². The third-order valence-electron chi connectivity index (χ3n) is 4.39.